The highest BCUT2D eigenvalue weighted by atomic mass is 35.5. The molecule has 1 N–H and O–H groups in total. The van der Waals surface area contributed by atoms with Crippen molar-refractivity contribution in [3.8, 4) is 5.69 Å². The van der Waals surface area contributed by atoms with Crippen LogP contribution in [-0.2, 0) is 4.79 Å². The topological polar surface area (TPSA) is 67.2 Å². The summed E-state index contributed by atoms with van der Waals surface area (Å²) < 4.78 is 1.36. The highest BCUT2D eigenvalue weighted by Gasteiger charge is 2.27. The average Bonchev–Trinajstić information content (AvgIpc) is 2.78. The van der Waals surface area contributed by atoms with Gasteiger partial charge in [0.05, 0.1) is 11.6 Å². The van der Waals surface area contributed by atoms with Crippen LogP contribution >= 0.6 is 11.6 Å². The number of rotatable bonds is 4. The van der Waals surface area contributed by atoms with E-state index in [1.165, 1.54) is 10.7 Å². The molecule has 0 bridgehead atoms. The molecule has 1 aliphatic rings. The first-order valence-corrected chi connectivity index (χ1v) is 11.2. The number of amides is 1. The second-order valence-electron chi connectivity index (χ2n) is 8.47. The lowest BCUT2D eigenvalue weighted by Crippen LogP contribution is -2.41. The molecule has 0 spiro atoms. The summed E-state index contributed by atoms with van der Waals surface area (Å²) in [5.74, 6) is 0.534. The van der Waals surface area contributed by atoms with Crippen molar-refractivity contribution in [2.75, 3.05) is 23.3 Å². The molecule has 1 amide bonds. The maximum atomic E-state index is 13.0. The van der Waals surface area contributed by atoms with E-state index in [4.69, 9.17) is 11.6 Å². The molecule has 2 aromatic carbocycles. The van der Waals surface area contributed by atoms with Crippen LogP contribution in [0.5, 0.6) is 0 Å². The summed E-state index contributed by atoms with van der Waals surface area (Å²) in [5, 5.41) is 8.26. The summed E-state index contributed by atoms with van der Waals surface area (Å²) in [6.45, 7) is 7.26. The Kier molecular flexibility index (Phi) is 6.33. The number of piperidine rings is 1. The minimum Gasteiger partial charge on any atom is -0.354 e. The number of carbonyl (C=O) groups is 1. The Morgan fingerprint density at radius 3 is 2.62 bits per heavy atom. The second-order valence-corrected chi connectivity index (χ2v) is 8.88. The summed E-state index contributed by atoms with van der Waals surface area (Å²) in [6.07, 6.45) is 1.70. The Hall–Kier alpha value is -3.12. The second kappa shape index (κ2) is 9.17. The third-order valence-corrected chi connectivity index (χ3v) is 6.36. The van der Waals surface area contributed by atoms with Gasteiger partial charge >= 0.3 is 0 Å². The van der Waals surface area contributed by atoms with Gasteiger partial charge in [-0.15, -0.1) is 5.10 Å². The van der Waals surface area contributed by atoms with Gasteiger partial charge < -0.3 is 10.2 Å². The molecule has 0 radical (unpaired) electrons. The molecule has 7 heteroatoms. The quantitative estimate of drug-likeness (QED) is 0.627. The van der Waals surface area contributed by atoms with Crippen LogP contribution < -0.4 is 15.8 Å². The summed E-state index contributed by atoms with van der Waals surface area (Å²) >= 11 is 6.25. The van der Waals surface area contributed by atoms with Crippen molar-refractivity contribution in [3.05, 3.63) is 80.6 Å². The molecule has 2 heterocycles. The van der Waals surface area contributed by atoms with Crippen LogP contribution in [0.4, 0.5) is 11.5 Å². The van der Waals surface area contributed by atoms with Crippen molar-refractivity contribution in [2.45, 2.75) is 33.6 Å². The molecular weight excluding hydrogens is 424 g/mol. The van der Waals surface area contributed by atoms with E-state index in [9.17, 15) is 9.59 Å². The monoisotopic (exact) mass is 450 g/mol. The van der Waals surface area contributed by atoms with E-state index in [1.54, 1.807) is 12.1 Å². The van der Waals surface area contributed by atoms with Gasteiger partial charge in [-0.05, 0) is 74.6 Å². The molecular formula is C25H27ClN4O2. The van der Waals surface area contributed by atoms with E-state index < -0.39 is 0 Å². The lowest BCUT2D eigenvalue weighted by atomic mass is 9.96. The first-order valence-electron chi connectivity index (χ1n) is 10.8. The Morgan fingerprint density at radius 2 is 1.84 bits per heavy atom. The third-order valence-electron chi connectivity index (χ3n) is 5.95. The normalized spacial score (nSPS) is 16.1. The van der Waals surface area contributed by atoms with Crippen LogP contribution in [0.25, 0.3) is 5.69 Å². The van der Waals surface area contributed by atoms with Crippen molar-refractivity contribution in [1.82, 2.24) is 9.78 Å². The molecule has 1 fully saturated rings. The van der Waals surface area contributed by atoms with Crippen molar-refractivity contribution >= 4 is 29.0 Å². The standard InChI is InChI=1S/C25H27ClN4O2/c1-16-6-7-18(3)22(13-16)27-25(32)19-5-4-12-29(15-19)23-10-11-24(31)30(28-23)20-9-8-17(2)21(26)14-20/h6-11,13-14,19H,4-5,12,15H2,1-3H3,(H,27,32)/t19-/m1/s1. The first kappa shape index (κ1) is 22.1. The van der Waals surface area contributed by atoms with Crippen molar-refractivity contribution in [2.24, 2.45) is 5.92 Å². The number of nitrogens with one attached hydrogen (secondary N) is 1. The molecule has 3 aromatic rings. The molecule has 0 saturated carbocycles. The average molecular weight is 451 g/mol. The number of aryl methyl sites for hydroxylation is 3. The first-order chi connectivity index (χ1) is 15.3. The summed E-state index contributed by atoms with van der Waals surface area (Å²) in [7, 11) is 0. The fraction of sp³-hybridized carbons (Fsp3) is 0.320. The van der Waals surface area contributed by atoms with Gasteiger partial charge in [-0.25, -0.2) is 0 Å². The highest BCUT2D eigenvalue weighted by Crippen LogP contribution is 2.25. The summed E-state index contributed by atoms with van der Waals surface area (Å²) in [4.78, 5) is 27.5. The lowest BCUT2D eigenvalue weighted by molar-refractivity contribution is -0.120. The van der Waals surface area contributed by atoms with Gasteiger partial charge in [0.2, 0.25) is 5.91 Å². The number of halogens is 1. The number of aromatic nitrogens is 2. The highest BCUT2D eigenvalue weighted by molar-refractivity contribution is 6.31. The zero-order chi connectivity index (χ0) is 22.8. The molecule has 1 saturated heterocycles. The molecule has 32 heavy (non-hydrogen) atoms. The van der Waals surface area contributed by atoms with E-state index in [0.717, 1.165) is 41.8 Å². The molecule has 0 unspecified atom stereocenters. The van der Waals surface area contributed by atoms with Crippen molar-refractivity contribution < 1.29 is 4.79 Å². The maximum Gasteiger partial charge on any atom is 0.271 e. The lowest BCUT2D eigenvalue weighted by Gasteiger charge is -2.33. The minimum atomic E-state index is -0.227. The van der Waals surface area contributed by atoms with Crippen LogP contribution in [0.15, 0.2) is 53.3 Å². The van der Waals surface area contributed by atoms with Gasteiger partial charge in [0, 0.05) is 29.9 Å². The largest absolute Gasteiger partial charge is 0.354 e. The van der Waals surface area contributed by atoms with Crippen LogP contribution in [0, 0.1) is 26.7 Å². The number of benzene rings is 2. The van der Waals surface area contributed by atoms with Gasteiger partial charge in [0.1, 0.15) is 5.82 Å². The molecule has 6 nitrogen and oxygen atoms in total. The van der Waals surface area contributed by atoms with Gasteiger partial charge in [-0.1, -0.05) is 29.8 Å². The van der Waals surface area contributed by atoms with E-state index in [1.807, 2.05) is 51.1 Å². The zero-order valence-electron chi connectivity index (χ0n) is 18.6. The predicted octanol–water partition coefficient (Wildman–Crippen LogP) is 4.67. The zero-order valence-corrected chi connectivity index (χ0v) is 19.3. The minimum absolute atomic E-state index is 0.0158. The molecule has 1 atom stereocenters. The molecule has 1 aromatic heterocycles. The van der Waals surface area contributed by atoms with Gasteiger partial charge in [-0.3, -0.25) is 9.59 Å². The number of nitrogens with zero attached hydrogens (tertiary/aromatic N) is 3. The Labute approximate surface area is 192 Å². The van der Waals surface area contributed by atoms with Gasteiger partial charge in [0.25, 0.3) is 5.56 Å². The fourth-order valence-electron chi connectivity index (χ4n) is 3.97. The van der Waals surface area contributed by atoms with Gasteiger partial charge in [0.15, 0.2) is 0 Å². The van der Waals surface area contributed by atoms with Crippen molar-refractivity contribution in [1.29, 1.82) is 0 Å². The number of anilines is 2. The SMILES string of the molecule is Cc1ccc(C)c(NC(=O)[C@@H]2CCCN(c3ccc(=O)n(-c4ccc(C)c(Cl)c4)n3)C2)c1. The Morgan fingerprint density at radius 1 is 1.06 bits per heavy atom. The van der Waals surface area contributed by atoms with Crippen LogP contribution in [0.2, 0.25) is 5.02 Å². The number of hydrogen-bond donors (Lipinski definition) is 1. The molecule has 166 valence electrons. The molecule has 1 aliphatic heterocycles. The fourth-order valence-corrected chi connectivity index (χ4v) is 4.15. The summed E-state index contributed by atoms with van der Waals surface area (Å²) in [5.41, 5.74) is 4.34. The maximum absolute atomic E-state index is 13.0. The van der Waals surface area contributed by atoms with E-state index in [-0.39, 0.29) is 17.4 Å². The smallest absolute Gasteiger partial charge is 0.271 e. The van der Waals surface area contributed by atoms with E-state index >= 15 is 0 Å². The Bertz CT molecular complexity index is 1220. The third kappa shape index (κ3) is 4.70. The van der Waals surface area contributed by atoms with Crippen LogP contribution in [0.1, 0.15) is 29.5 Å². The van der Waals surface area contributed by atoms with Crippen LogP contribution in [-0.4, -0.2) is 28.8 Å². The number of hydrogen-bond acceptors (Lipinski definition) is 4. The molecule has 4 rings (SSSR count). The molecule has 0 aliphatic carbocycles. The predicted molar refractivity (Wildman–Crippen MR) is 129 cm³/mol. The summed E-state index contributed by atoms with van der Waals surface area (Å²) in [6, 6.07) is 14.7. The van der Waals surface area contributed by atoms with E-state index in [0.29, 0.717) is 23.1 Å². The number of carbonyl (C=O) groups excluding carboxylic acids is 1. The van der Waals surface area contributed by atoms with Gasteiger partial charge in [-0.2, -0.15) is 4.68 Å². The van der Waals surface area contributed by atoms with E-state index in [2.05, 4.69) is 15.3 Å². The van der Waals surface area contributed by atoms with Crippen molar-refractivity contribution in [3.63, 3.8) is 0 Å². The Balaban J connectivity index is 1.54. The van der Waals surface area contributed by atoms with Crippen LogP contribution in [0.3, 0.4) is 0 Å².